The van der Waals surface area contributed by atoms with Gasteiger partial charge in [-0.05, 0) is 30.3 Å². The minimum absolute atomic E-state index is 0.0615. The number of carbonyl (C=O) groups excluding carboxylic acids is 2. The number of furan rings is 1. The summed E-state index contributed by atoms with van der Waals surface area (Å²) < 4.78 is 5.17. The number of amides is 2. The first-order valence-corrected chi connectivity index (χ1v) is 7.48. The molecule has 1 heterocycles. The van der Waals surface area contributed by atoms with Crippen LogP contribution in [0.4, 0.5) is 11.4 Å². The molecule has 0 saturated carbocycles. The first-order chi connectivity index (χ1) is 11.0. The highest BCUT2D eigenvalue weighted by Gasteiger charge is 2.08. The van der Waals surface area contributed by atoms with Crippen LogP contribution in [-0.2, 0) is 16.1 Å². The zero-order chi connectivity index (χ0) is 16.7. The summed E-state index contributed by atoms with van der Waals surface area (Å²) in [6.45, 7) is 4.31. The Morgan fingerprint density at radius 1 is 1.09 bits per heavy atom. The third-order valence-corrected chi connectivity index (χ3v) is 3.10. The summed E-state index contributed by atoms with van der Waals surface area (Å²) in [4.78, 5) is 23.6. The van der Waals surface area contributed by atoms with Gasteiger partial charge in [0.25, 0.3) is 0 Å². The van der Waals surface area contributed by atoms with Gasteiger partial charge in [-0.3, -0.25) is 9.59 Å². The van der Waals surface area contributed by atoms with Gasteiger partial charge in [-0.2, -0.15) is 0 Å². The van der Waals surface area contributed by atoms with Gasteiger partial charge in [0.05, 0.1) is 19.4 Å². The molecule has 6 heteroatoms. The quantitative estimate of drug-likeness (QED) is 0.733. The van der Waals surface area contributed by atoms with Gasteiger partial charge >= 0.3 is 0 Å². The van der Waals surface area contributed by atoms with E-state index >= 15 is 0 Å². The molecule has 0 spiro atoms. The van der Waals surface area contributed by atoms with Crippen molar-refractivity contribution >= 4 is 23.2 Å². The van der Waals surface area contributed by atoms with E-state index in [-0.39, 0.29) is 24.3 Å². The smallest absolute Gasteiger partial charge is 0.238 e. The van der Waals surface area contributed by atoms with Crippen LogP contribution in [-0.4, -0.2) is 18.4 Å². The van der Waals surface area contributed by atoms with Gasteiger partial charge in [0.1, 0.15) is 5.76 Å². The lowest BCUT2D eigenvalue weighted by Crippen LogP contribution is -2.27. The Labute approximate surface area is 135 Å². The van der Waals surface area contributed by atoms with Crippen LogP contribution in [0.3, 0.4) is 0 Å². The summed E-state index contributed by atoms with van der Waals surface area (Å²) in [6, 6.07) is 10.7. The predicted octanol–water partition coefficient (Wildman–Crippen LogP) is 2.60. The lowest BCUT2D eigenvalue weighted by atomic mass is 10.2. The van der Waals surface area contributed by atoms with E-state index in [1.807, 2.05) is 19.9 Å². The molecule has 6 nitrogen and oxygen atoms in total. The van der Waals surface area contributed by atoms with Gasteiger partial charge in [0.2, 0.25) is 11.8 Å². The Hall–Kier alpha value is -2.60. The zero-order valence-corrected chi connectivity index (χ0v) is 13.3. The maximum atomic E-state index is 11.9. The highest BCUT2D eigenvalue weighted by atomic mass is 16.3. The molecule has 0 aliphatic heterocycles. The van der Waals surface area contributed by atoms with E-state index in [1.165, 1.54) is 0 Å². The molecule has 2 aromatic rings. The average molecular weight is 315 g/mol. The second-order valence-electron chi connectivity index (χ2n) is 5.46. The number of hydrogen-bond donors (Lipinski definition) is 3. The highest BCUT2D eigenvalue weighted by molar-refractivity contribution is 5.95. The van der Waals surface area contributed by atoms with Gasteiger partial charge in [-0.15, -0.1) is 0 Å². The Morgan fingerprint density at radius 3 is 2.48 bits per heavy atom. The molecule has 2 amide bonds. The molecule has 23 heavy (non-hydrogen) atoms. The van der Waals surface area contributed by atoms with E-state index in [0.29, 0.717) is 17.9 Å². The van der Waals surface area contributed by atoms with E-state index in [1.54, 1.807) is 36.6 Å². The molecule has 0 atom stereocenters. The van der Waals surface area contributed by atoms with Crippen LogP contribution in [0.5, 0.6) is 0 Å². The summed E-state index contributed by atoms with van der Waals surface area (Å²) >= 11 is 0. The molecule has 0 bridgehead atoms. The molecule has 1 aromatic heterocycles. The SMILES string of the molecule is CC(C)C(=O)Nc1cccc(NC(=O)CNCc2ccco2)c1. The number of carbonyl (C=O) groups is 2. The first-order valence-electron chi connectivity index (χ1n) is 7.48. The standard InChI is InChI=1S/C17H21N3O3/c1-12(2)17(22)20-14-6-3-5-13(9-14)19-16(21)11-18-10-15-7-4-8-23-15/h3-9,12,18H,10-11H2,1-2H3,(H,19,21)(H,20,22). The number of anilines is 2. The van der Waals surface area contributed by atoms with Crippen molar-refractivity contribution < 1.29 is 14.0 Å². The average Bonchev–Trinajstić information content (AvgIpc) is 3.00. The minimum atomic E-state index is -0.163. The number of nitrogens with one attached hydrogen (secondary N) is 3. The van der Waals surface area contributed by atoms with Crippen LogP contribution < -0.4 is 16.0 Å². The van der Waals surface area contributed by atoms with Crippen molar-refractivity contribution in [1.82, 2.24) is 5.32 Å². The predicted molar refractivity (Wildman–Crippen MR) is 89.0 cm³/mol. The van der Waals surface area contributed by atoms with E-state index in [0.717, 1.165) is 5.76 Å². The molecule has 0 aliphatic rings. The molecule has 122 valence electrons. The van der Waals surface area contributed by atoms with E-state index < -0.39 is 0 Å². The van der Waals surface area contributed by atoms with Gasteiger partial charge in [0, 0.05) is 17.3 Å². The third kappa shape index (κ3) is 5.60. The lowest BCUT2D eigenvalue weighted by Gasteiger charge is -2.10. The summed E-state index contributed by atoms with van der Waals surface area (Å²) in [7, 11) is 0. The monoisotopic (exact) mass is 315 g/mol. The van der Waals surface area contributed by atoms with Crippen LogP contribution in [0.1, 0.15) is 19.6 Å². The van der Waals surface area contributed by atoms with E-state index in [2.05, 4.69) is 16.0 Å². The molecule has 3 N–H and O–H groups in total. The molecule has 0 fully saturated rings. The van der Waals surface area contributed by atoms with Crippen LogP contribution >= 0.6 is 0 Å². The van der Waals surface area contributed by atoms with Crippen molar-refractivity contribution in [2.45, 2.75) is 20.4 Å². The highest BCUT2D eigenvalue weighted by Crippen LogP contribution is 2.15. The largest absolute Gasteiger partial charge is 0.468 e. The Kier molecular flexibility index (Phi) is 5.94. The molecular weight excluding hydrogens is 294 g/mol. The molecule has 0 saturated heterocycles. The Morgan fingerprint density at radius 2 is 1.83 bits per heavy atom. The summed E-state index contributed by atoms with van der Waals surface area (Å²) in [6.07, 6.45) is 1.59. The number of rotatable bonds is 7. The Bertz CT molecular complexity index is 651. The van der Waals surface area contributed by atoms with Gasteiger partial charge in [0.15, 0.2) is 0 Å². The Balaban J connectivity index is 1.82. The van der Waals surface area contributed by atoms with E-state index in [9.17, 15) is 9.59 Å². The van der Waals surface area contributed by atoms with Crippen LogP contribution in [0, 0.1) is 5.92 Å². The van der Waals surface area contributed by atoms with Crippen molar-refractivity contribution in [3.05, 3.63) is 48.4 Å². The van der Waals surface area contributed by atoms with Crippen molar-refractivity contribution in [1.29, 1.82) is 0 Å². The van der Waals surface area contributed by atoms with Crippen LogP contribution in [0.2, 0.25) is 0 Å². The number of hydrogen-bond acceptors (Lipinski definition) is 4. The second kappa shape index (κ2) is 8.14. The maximum absolute atomic E-state index is 11.9. The lowest BCUT2D eigenvalue weighted by molar-refractivity contribution is -0.119. The molecule has 0 radical (unpaired) electrons. The van der Waals surface area contributed by atoms with Crippen molar-refractivity contribution in [3.63, 3.8) is 0 Å². The summed E-state index contributed by atoms with van der Waals surface area (Å²) in [5.41, 5.74) is 1.29. The summed E-state index contributed by atoms with van der Waals surface area (Å²) in [5, 5.41) is 8.57. The molecule has 2 rings (SSSR count). The minimum Gasteiger partial charge on any atom is -0.468 e. The first kappa shape index (κ1) is 16.8. The molecule has 0 unspecified atom stereocenters. The van der Waals surface area contributed by atoms with Crippen molar-refractivity contribution in [2.75, 3.05) is 17.2 Å². The fourth-order valence-electron chi connectivity index (χ4n) is 1.88. The van der Waals surface area contributed by atoms with Gasteiger partial charge in [-0.1, -0.05) is 19.9 Å². The number of benzene rings is 1. The normalized spacial score (nSPS) is 10.6. The van der Waals surface area contributed by atoms with Crippen LogP contribution in [0.15, 0.2) is 47.1 Å². The van der Waals surface area contributed by atoms with Crippen LogP contribution in [0.25, 0.3) is 0 Å². The fraction of sp³-hybridized carbons (Fsp3) is 0.294. The summed E-state index contributed by atoms with van der Waals surface area (Å²) in [5.74, 6) is 0.452. The molecular formula is C17H21N3O3. The third-order valence-electron chi connectivity index (χ3n) is 3.10. The molecule has 0 aliphatic carbocycles. The fourth-order valence-corrected chi connectivity index (χ4v) is 1.88. The van der Waals surface area contributed by atoms with Gasteiger partial charge < -0.3 is 20.4 Å². The topological polar surface area (TPSA) is 83.4 Å². The van der Waals surface area contributed by atoms with Crippen molar-refractivity contribution in [3.8, 4) is 0 Å². The van der Waals surface area contributed by atoms with Gasteiger partial charge in [-0.25, -0.2) is 0 Å². The molecule has 1 aromatic carbocycles. The van der Waals surface area contributed by atoms with Crippen molar-refractivity contribution in [2.24, 2.45) is 5.92 Å². The second-order valence-corrected chi connectivity index (χ2v) is 5.46. The zero-order valence-electron chi connectivity index (χ0n) is 13.3. The maximum Gasteiger partial charge on any atom is 0.238 e. The van der Waals surface area contributed by atoms with E-state index in [4.69, 9.17) is 4.42 Å².